The maximum absolute atomic E-state index is 10.6. The topological polar surface area (TPSA) is 59.9 Å². The molecule has 5 nitrogen and oxygen atoms in total. The van der Waals surface area contributed by atoms with Crippen molar-refractivity contribution < 1.29 is 14.5 Å². The van der Waals surface area contributed by atoms with E-state index in [0.29, 0.717) is 5.84 Å². The summed E-state index contributed by atoms with van der Waals surface area (Å²) in [6.07, 6.45) is -0.861. The van der Waals surface area contributed by atoms with Crippen LogP contribution in [0.3, 0.4) is 0 Å². The number of hydrogen-bond donors (Lipinski definition) is 1. The highest BCUT2D eigenvalue weighted by Gasteiger charge is 2.17. The van der Waals surface area contributed by atoms with Crippen LogP contribution in [-0.2, 0) is 15.1 Å². The van der Waals surface area contributed by atoms with Gasteiger partial charge in [-0.15, -0.1) is 0 Å². The Labute approximate surface area is 99.4 Å². The maximum atomic E-state index is 10.6. The lowest BCUT2D eigenvalue weighted by atomic mass is 9.87. The molecule has 1 heterocycles. The van der Waals surface area contributed by atoms with Crippen LogP contribution in [0.5, 0.6) is 0 Å². The summed E-state index contributed by atoms with van der Waals surface area (Å²) in [6.45, 7) is 6.43. The lowest BCUT2D eigenvalue weighted by molar-refractivity contribution is 0.0210. The molecular formula is C12H14N2O3. The first kappa shape index (κ1) is 11.4. The van der Waals surface area contributed by atoms with Gasteiger partial charge in [0.1, 0.15) is 0 Å². The van der Waals surface area contributed by atoms with Crippen LogP contribution in [0.25, 0.3) is 0 Å². The molecule has 17 heavy (non-hydrogen) atoms. The highest BCUT2D eigenvalue weighted by Crippen LogP contribution is 2.22. The third-order valence-electron chi connectivity index (χ3n) is 2.47. The quantitative estimate of drug-likeness (QED) is 0.757. The average Bonchev–Trinajstić information content (AvgIpc) is 2.29. The van der Waals surface area contributed by atoms with Crippen LogP contribution < -0.4 is 5.48 Å². The zero-order chi connectivity index (χ0) is 12.5. The van der Waals surface area contributed by atoms with Crippen molar-refractivity contribution in [2.45, 2.75) is 26.2 Å². The van der Waals surface area contributed by atoms with Gasteiger partial charge in [-0.05, 0) is 11.0 Å². The molecule has 0 saturated carbocycles. The van der Waals surface area contributed by atoms with Crippen molar-refractivity contribution >= 4 is 12.0 Å². The molecule has 1 N–H and O–H groups in total. The first-order chi connectivity index (χ1) is 7.97. The number of hydrogen-bond acceptors (Lipinski definition) is 5. The molecular weight excluding hydrogens is 220 g/mol. The Balaban J connectivity index is 2.21. The van der Waals surface area contributed by atoms with Crippen molar-refractivity contribution in [2.24, 2.45) is 5.16 Å². The highest BCUT2D eigenvalue weighted by atomic mass is 16.9. The standard InChI is InChI=1S/C12H14N2O3/c1-12(2,3)9-6-4-8(5-7-9)10-13-16-11(15)17-14-10/h4-7H,1-3H3,(H,13,14). The van der Waals surface area contributed by atoms with Gasteiger partial charge < -0.3 is 4.84 Å². The second kappa shape index (κ2) is 4.08. The predicted molar refractivity (Wildman–Crippen MR) is 62.4 cm³/mol. The number of rotatable bonds is 1. The Bertz CT molecular complexity index is 458. The van der Waals surface area contributed by atoms with E-state index in [4.69, 9.17) is 0 Å². The van der Waals surface area contributed by atoms with Gasteiger partial charge in [0.05, 0.1) is 0 Å². The number of benzene rings is 1. The fraction of sp³-hybridized carbons (Fsp3) is 0.333. The number of carbonyl (C=O) groups excluding carboxylic acids is 1. The Morgan fingerprint density at radius 2 is 1.82 bits per heavy atom. The van der Waals surface area contributed by atoms with Crippen molar-refractivity contribution in [1.82, 2.24) is 5.48 Å². The molecule has 0 aromatic heterocycles. The van der Waals surface area contributed by atoms with Gasteiger partial charge in [-0.2, -0.15) is 10.3 Å². The molecule has 1 aliphatic rings. The van der Waals surface area contributed by atoms with E-state index in [1.165, 1.54) is 5.56 Å². The number of hydroxylamine groups is 1. The predicted octanol–water partition coefficient (Wildman–Crippen LogP) is 2.32. The number of nitrogens with zero attached hydrogens (tertiary/aromatic N) is 1. The molecule has 0 aliphatic carbocycles. The molecule has 0 spiro atoms. The fourth-order valence-corrected chi connectivity index (χ4v) is 1.45. The molecule has 0 fully saturated rings. The SMILES string of the molecule is CC(C)(C)c1ccc(C2=NOC(=O)ON2)cc1. The average molecular weight is 234 g/mol. The van der Waals surface area contributed by atoms with Crippen LogP contribution in [0.1, 0.15) is 31.9 Å². The number of carbonyl (C=O) groups is 1. The minimum absolute atomic E-state index is 0.100. The van der Waals surface area contributed by atoms with E-state index in [1.807, 2.05) is 24.3 Å². The molecule has 1 aromatic carbocycles. The molecule has 90 valence electrons. The summed E-state index contributed by atoms with van der Waals surface area (Å²) in [7, 11) is 0. The summed E-state index contributed by atoms with van der Waals surface area (Å²) < 4.78 is 0. The van der Waals surface area contributed by atoms with Crippen LogP contribution in [0.4, 0.5) is 4.79 Å². The van der Waals surface area contributed by atoms with Gasteiger partial charge in [0.15, 0.2) is 0 Å². The van der Waals surface area contributed by atoms with Crippen LogP contribution in [0.15, 0.2) is 29.4 Å². The van der Waals surface area contributed by atoms with Crippen LogP contribution in [-0.4, -0.2) is 12.0 Å². The molecule has 1 aliphatic heterocycles. The summed E-state index contributed by atoms with van der Waals surface area (Å²) in [4.78, 5) is 19.5. The van der Waals surface area contributed by atoms with Gasteiger partial charge in [0.2, 0.25) is 5.84 Å². The van der Waals surface area contributed by atoms with E-state index in [-0.39, 0.29) is 5.41 Å². The smallest absolute Gasteiger partial charge is 0.305 e. The van der Waals surface area contributed by atoms with Crippen molar-refractivity contribution in [2.75, 3.05) is 0 Å². The Morgan fingerprint density at radius 3 is 2.29 bits per heavy atom. The Kier molecular flexibility index (Phi) is 2.75. The molecule has 2 rings (SSSR count). The first-order valence-electron chi connectivity index (χ1n) is 5.29. The lowest BCUT2D eigenvalue weighted by Gasteiger charge is -2.19. The molecule has 0 atom stereocenters. The van der Waals surface area contributed by atoms with E-state index in [2.05, 4.69) is 41.1 Å². The zero-order valence-electron chi connectivity index (χ0n) is 9.98. The van der Waals surface area contributed by atoms with Crippen molar-refractivity contribution in [1.29, 1.82) is 0 Å². The molecule has 0 saturated heterocycles. The fourth-order valence-electron chi connectivity index (χ4n) is 1.45. The second-order valence-corrected chi connectivity index (χ2v) is 4.81. The van der Waals surface area contributed by atoms with E-state index in [9.17, 15) is 4.79 Å². The van der Waals surface area contributed by atoms with Gasteiger partial charge in [-0.1, -0.05) is 50.2 Å². The number of nitrogens with one attached hydrogen (secondary N) is 1. The molecule has 0 amide bonds. The minimum atomic E-state index is -0.861. The molecule has 0 unspecified atom stereocenters. The van der Waals surface area contributed by atoms with Gasteiger partial charge in [-0.25, -0.2) is 0 Å². The largest absolute Gasteiger partial charge is 0.560 e. The minimum Gasteiger partial charge on any atom is -0.305 e. The molecule has 1 aromatic rings. The van der Waals surface area contributed by atoms with Gasteiger partial charge in [-0.3, -0.25) is 4.84 Å². The van der Waals surface area contributed by atoms with E-state index < -0.39 is 6.16 Å². The summed E-state index contributed by atoms with van der Waals surface area (Å²) in [5.74, 6) is 0.380. The maximum Gasteiger partial charge on any atom is 0.560 e. The molecule has 5 heteroatoms. The number of amidine groups is 1. The van der Waals surface area contributed by atoms with Crippen LogP contribution >= 0.6 is 0 Å². The third kappa shape index (κ3) is 2.55. The Morgan fingerprint density at radius 1 is 1.18 bits per heavy atom. The summed E-state index contributed by atoms with van der Waals surface area (Å²) in [5.41, 5.74) is 4.53. The summed E-state index contributed by atoms with van der Waals surface area (Å²) in [5, 5.41) is 3.60. The molecule has 0 bridgehead atoms. The Hall–Kier alpha value is -2.04. The van der Waals surface area contributed by atoms with Crippen LogP contribution in [0, 0.1) is 0 Å². The molecule has 0 radical (unpaired) electrons. The zero-order valence-corrected chi connectivity index (χ0v) is 9.98. The number of oxime groups is 1. The van der Waals surface area contributed by atoms with Gasteiger partial charge in [0.25, 0.3) is 0 Å². The lowest BCUT2D eigenvalue weighted by Crippen LogP contribution is -2.32. The first-order valence-corrected chi connectivity index (χ1v) is 5.29. The van der Waals surface area contributed by atoms with E-state index in [1.54, 1.807) is 0 Å². The second-order valence-electron chi connectivity index (χ2n) is 4.81. The van der Waals surface area contributed by atoms with Crippen molar-refractivity contribution in [3.8, 4) is 0 Å². The van der Waals surface area contributed by atoms with E-state index in [0.717, 1.165) is 5.56 Å². The van der Waals surface area contributed by atoms with Crippen molar-refractivity contribution in [3.05, 3.63) is 35.4 Å². The van der Waals surface area contributed by atoms with Crippen molar-refractivity contribution in [3.63, 3.8) is 0 Å². The summed E-state index contributed by atoms with van der Waals surface area (Å²) >= 11 is 0. The normalized spacial score (nSPS) is 15.5. The monoisotopic (exact) mass is 234 g/mol. The highest BCUT2D eigenvalue weighted by molar-refractivity contribution is 5.99. The summed E-state index contributed by atoms with van der Waals surface area (Å²) in [6, 6.07) is 7.82. The van der Waals surface area contributed by atoms with Crippen LogP contribution in [0.2, 0.25) is 0 Å². The van der Waals surface area contributed by atoms with Gasteiger partial charge in [0, 0.05) is 5.56 Å². The van der Waals surface area contributed by atoms with E-state index >= 15 is 0 Å². The third-order valence-corrected chi connectivity index (χ3v) is 2.47. The van der Waals surface area contributed by atoms with Gasteiger partial charge >= 0.3 is 6.16 Å².